The van der Waals surface area contributed by atoms with Crippen LogP contribution in [0.3, 0.4) is 0 Å². The summed E-state index contributed by atoms with van der Waals surface area (Å²) in [4.78, 5) is 33.3. The van der Waals surface area contributed by atoms with Gasteiger partial charge in [-0.2, -0.15) is 0 Å². The van der Waals surface area contributed by atoms with E-state index in [0.717, 1.165) is 17.7 Å². The molecule has 2 fully saturated rings. The van der Waals surface area contributed by atoms with Gasteiger partial charge in [0.15, 0.2) is 0 Å². The third-order valence-electron chi connectivity index (χ3n) is 5.47. The fraction of sp³-hybridized carbons (Fsp3) is 0.409. The van der Waals surface area contributed by atoms with Gasteiger partial charge in [-0.3, -0.25) is 9.59 Å². The first-order chi connectivity index (χ1) is 14.0. The summed E-state index contributed by atoms with van der Waals surface area (Å²) in [7, 11) is 1.59. The molecule has 2 aliphatic rings. The number of aryl methyl sites for hydroxylation is 1. The van der Waals surface area contributed by atoms with Crippen molar-refractivity contribution in [2.75, 3.05) is 31.6 Å². The second kappa shape index (κ2) is 8.11. The van der Waals surface area contributed by atoms with Gasteiger partial charge in [-0.25, -0.2) is 4.98 Å². The second-order valence-corrected chi connectivity index (χ2v) is 7.59. The number of anilines is 1. The Labute approximate surface area is 170 Å². The van der Waals surface area contributed by atoms with Crippen LogP contribution in [-0.4, -0.2) is 54.5 Å². The molecule has 2 atom stereocenters. The summed E-state index contributed by atoms with van der Waals surface area (Å²) in [5.41, 5.74) is 1.84. The summed E-state index contributed by atoms with van der Waals surface area (Å²) in [6, 6.07) is 11.2. The van der Waals surface area contributed by atoms with Crippen LogP contribution in [0.5, 0.6) is 11.6 Å². The van der Waals surface area contributed by atoms with Gasteiger partial charge < -0.3 is 19.3 Å². The van der Waals surface area contributed by atoms with Gasteiger partial charge in [0, 0.05) is 49.9 Å². The Balaban J connectivity index is 1.36. The summed E-state index contributed by atoms with van der Waals surface area (Å²) < 4.78 is 11.2. The number of hydrogen-bond donors (Lipinski definition) is 0. The SMILES string of the molecule is COc1cccc(N2CC(C(=O)N3CCC(Oc4ccc(C)cn4)C3)CC2=O)c1. The Kier molecular flexibility index (Phi) is 5.38. The molecule has 0 aliphatic carbocycles. The third-order valence-corrected chi connectivity index (χ3v) is 5.47. The highest BCUT2D eigenvalue weighted by molar-refractivity contribution is 6.00. The van der Waals surface area contributed by atoms with Gasteiger partial charge in [0.2, 0.25) is 17.7 Å². The molecule has 152 valence electrons. The smallest absolute Gasteiger partial charge is 0.228 e. The van der Waals surface area contributed by atoms with Crippen molar-refractivity contribution in [2.24, 2.45) is 5.92 Å². The van der Waals surface area contributed by atoms with Gasteiger partial charge in [0.25, 0.3) is 0 Å². The highest BCUT2D eigenvalue weighted by atomic mass is 16.5. The van der Waals surface area contributed by atoms with Crippen molar-refractivity contribution < 1.29 is 19.1 Å². The molecule has 29 heavy (non-hydrogen) atoms. The molecule has 1 aromatic heterocycles. The molecule has 2 saturated heterocycles. The zero-order valence-corrected chi connectivity index (χ0v) is 16.7. The summed E-state index contributed by atoms with van der Waals surface area (Å²) in [5.74, 6) is 0.925. The first-order valence-corrected chi connectivity index (χ1v) is 9.86. The van der Waals surface area contributed by atoms with E-state index < -0.39 is 0 Å². The standard InChI is InChI=1S/C22H25N3O4/c1-15-6-7-20(23-12-15)29-19-8-9-24(14-19)22(27)16-10-21(26)25(13-16)17-4-3-5-18(11-17)28-2/h3-7,11-12,16,19H,8-10,13-14H2,1-2H3. The number of benzene rings is 1. The average Bonchev–Trinajstić information content (AvgIpc) is 3.36. The molecule has 2 amide bonds. The molecular formula is C22H25N3O4. The maximum atomic E-state index is 13.0. The number of likely N-dealkylation sites (tertiary alicyclic amines) is 1. The van der Waals surface area contributed by atoms with E-state index in [2.05, 4.69) is 4.98 Å². The van der Waals surface area contributed by atoms with Gasteiger partial charge in [-0.1, -0.05) is 12.1 Å². The van der Waals surface area contributed by atoms with Crippen LogP contribution in [0.1, 0.15) is 18.4 Å². The van der Waals surface area contributed by atoms with Gasteiger partial charge in [0.1, 0.15) is 11.9 Å². The van der Waals surface area contributed by atoms with Gasteiger partial charge >= 0.3 is 0 Å². The Hall–Kier alpha value is -3.09. The molecule has 2 unspecified atom stereocenters. The molecule has 0 saturated carbocycles. The van der Waals surface area contributed by atoms with Crippen LogP contribution in [0.15, 0.2) is 42.6 Å². The van der Waals surface area contributed by atoms with Crippen molar-refractivity contribution in [2.45, 2.75) is 25.9 Å². The number of methoxy groups -OCH3 is 1. The van der Waals surface area contributed by atoms with Gasteiger partial charge in [0.05, 0.1) is 19.6 Å². The normalized spacial score (nSPS) is 21.5. The molecule has 7 nitrogen and oxygen atoms in total. The molecule has 2 aromatic rings. The highest BCUT2D eigenvalue weighted by Gasteiger charge is 2.39. The molecule has 0 spiro atoms. The first kappa shape index (κ1) is 19.2. The van der Waals surface area contributed by atoms with Gasteiger partial charge in [-0.05, 0) is 24.6 Å². The van der Waals surface area contributed by atoms with Crippen molar-refractivity contribution in [3.8, 4) is 11.6 Å². The van der Waals surface area contributed by atoms with Crippen molar-refractivity contribution in [3.63, 3.8) is 0 Å². The number of ether oxygens (including phenoxy) is 2. The van der Waals surface area contributed by atoms with E-state index in [1.54, 1.807) is 18.2 Å². The molecule has 7 heteroatoms. The number of amides is 2. The van der Waals surface area contributed by atoms with Crippen molar-refractivity contribution in [1.29, 1.82) is 0 Å². The molecule has 1 aromatic carbocycles. The van der Waals surface area contributed by atoms with Crippen LogP contribution in [0.25, 0.3) is 0 Å². The molecular weight excluding hydrogens is 370 g/mol. The lowest BCUT2D eigenvalue weighted by Gasteiger charge is -2.21. The number of carbonyl (C=O) groups excluding carboxylic acids is 2. The lowest BCUT2D eigenvalue weighted by atomic mass is 10.1. The molecule has 0 N–H and O–H groups in total. The molecule has 3 heterocycles. The topological polar surface area (TPSA) is 72.0 Å². The minimum atomic E-state index is -0.329. The summed E-state index contributed by atoms with van der Waals surface area (Å²) >= 11 is 0. The Morgan fingerprint density at radius 3 is 2.83 bits per heavy atom. The van der Waals surface area contributed by atoms with E-state index in [-0.39, 0.29) is 30.3 Å². The largest absolute Gasteiger partial charge is 0.497 e. The van der Waals surface area contributed by atoms with E-state index in [4.69, 9.17) is 9.47 Å². The number of hydrogen-bond acceptors (Lipinski definition) is 5. The number of carbonyl (C=O) groups is 2. The Morgan fingerprint density at radius 2 is 2.07 bits per heavy atom. The van der Waals surface area contributed by atoms with Crippen molar-refractivity contribution in [3.05, 3.63) is 48.2 Å². The highest BCUT2D eigenvalue weighted by Crippen LogP contribution is 2.29. The Morgan fingerprint density at radius 1 is 1.21 bits per heavy atom. The average molecular weight is 395 g/mol. The maximum Gasteiger partial charge on any atom is 0.228 e. The third kappa shape index (κ3) is 4.18. The van der Waals surface area contributed by atoms with E-state index in [0.29, 0.717) is 31.3 Å². The van der Waals surface area contributed by atoms with Crippen molar-refractivity contribution in [1.82, 2.24) is 9.88 Å². The fourth-order valence-electron chi connectivity index (χ4n) is 3.88. The first-order valence-electron chi connectivity index (χ1n) is 9.86. The minimum Gasteiger partial charge on any atom is -0.497 e. The molecule has 4 rings (SSSR count). The predicted molar refractivity (Wildman–Crippen MR) is 108 cm³/mol. The van der Waals surface area contributed by atoms with E-state index in [9.17, 15) is 9.59 Å². The summed E-state index contributed by atoms with van der Waals surface area (Å²) in [6.07, 6.45) is 2.70. The Bertz CT molecular complexity index is 899. The predicted octanol–water partition coefficient (Wildman–Crippen LogP) is 2.43. The van der Waals surface area contributed by atoms with Gasteiger partial charge in [-0.15, -0.1) is 0 Å². The minimum absolute atomic E-state index is 0.0201. The van der Waals surface area contributed by atoms with E-state index in [1.807, 2.05) is 48.2 Å². The van der Waals surface area contributed by atoms with Crippen LogP contribution in [0, 0.1) is 12.8 Å². The van der Waals surface area contributed by atoms with E-state index in [1.165, 1.54) is 0 Å². The number of rotatable bonds is 5. The van der Waals surface area contributed by atoms with Crippen LogP contribution < -0.4 is 14.4 Å². The molecule has 0 bridgehead atoms. The lowest BCUT2D eigenvalue weighted by molar-refractivity contribution is -0.135. The molecule has 2 aliphatic heterocycles. The van der Waals surface area contributed by atoms with Crippen LogP contribution in [0.4, 0.5) is 5.69 Å². The van der Waals surface area contributed by atoms with Crippen LogP contribution in [0.2, 0.25) is 0 Å². The van der Waals surface area contributed by atoms with Crippen LogP contribution in [-0.2, 0) is 9.59 Å². The monoisotopic (exact) mass is 395 g/mol. The number of aromatic nitrogens is 1. The summed E-state index contributed by atoms with van der Waals surface area (Å²) in [6.45, 7) is 3.54. The quantitative estimate of drug-likeness (QED) is 0.778. The lowest BCUT2D eigenvalue weighted by Crippen LogP contribution is -2.37. The summed E-state index contributed by atoms with van der Waals surface area (Å²) in [5, 5.41) is 0. The zero-order chi connectivity index (χ0) is 20.4. The fourth-order valence-corrected chi connectivity index (χ4v) is 3.88. The van der Waals surface area contributed by atoms with Crippen LogP contribution >= 0.6 is 0 Å². The second-order valence-electron chi connectivity index (χ2n) is 7.59. The number of pyridine rings is 1. The zero-order valence-electron chi connectivity index (χ0n) is 16.7. The van der Waals surface area contributed by atoms with E-state index >= 15 is 0 Å². The number of nitrogens with zero attached hydrogens (tertiary/aromatic N) is 3. The van der Waals surface area contributed by atoms with Crippen molar-refractivity contribution >= 4 is 17.5 Å². The molecule has 0 radical (unpaired) electrons. The maximum absolute atomic E-state index is 13.0.